The molecule has 6 nitrogen and oxygen atoms in total. The molecule has 0 unspecified atom stereocenters. The first-order valence-corrected chi connectivity index (χ1v) is 13.5. The fourth-order valence-electron chi connectivity index (χ4n) is 4.56. The molecule has 2 aromatic rings. The Morgan fingerprint density at radius 2 is 1.77 bits per heavy atom. The molecule has 1 heterocycles. The van der Waals surface area contributed by atoms with Crippen molar-refractivity contribution in [2.75, 3.05) is 52.9 Å². The van der Waals surface area contributed by atoms with Crippen LogP contribution in [0, 0.1) is 0 Å². The average molecular weight is 546 g/mol. The van der Waals surface area contributed by atoms with Crippen molar-refractivity contribution in [1.29, 1.82) is 0 Å². The van der Waals surface area contributed by atoms with Crippen molar-refractivity contribution in [1.82, 2.24) is 14.7 Å². The Balaban J connectivity index is 1.55. The summed E-state index contributed by atoms with van der Waals surface area (Å²) in [6.07, 6.45) is 2.87. The molecule has 0 aliphatic carbocycles. The third-order valence-electron chi connectivity index (χ3n) is 6.89. The number of unbranched alkanes of at least 4 members (excludes halogenated alkanes) is 2. The number of hydrogen-bond donors (Lipinski definition) is 0. The quantitative estimate of drug-likeness (QED) is 0.326. The van der Waals surface area contributed by atoms with Gasteiger partial charge in [0, 0.05) is 63.4 Å². The number of rotatable bonds is 12. The molecule has 9 heteroatoms. The Hall–Kier alpha value is -3.33. The molecule has 2 aromatic carbocycles. The van der Waals surface area contributed by atoms with Crippen molar-refractivity contribution < 1.29 is 27.5 Å². The minimum atomic E-state index is -4.49. The highest BCUT2D eigenvalue weighted by molar-refractivity contribution is 5.94. The van der Waals surface area contributed by atoms with E-state index in [9.17, 15) is 22.8 Å². The highest BCUT2D eigenvalue weighted by Gasteiger charge is 2.31. The number of ether oxygens (including phenoxy) is 1. The number of para-hydroxylation sites is 1. The molecule has 2 amide bonds. The second kappa shape index (κ2) is 14.7. The lowest BCUT2D eigenvalue weighted by Gasteiger charge is -2.36. The second-order valence-corrected chi connectivity index (χ2v) is 9.65. The van der Waals surface area contributed by atoms with Gasteiger partial charge in [-0.3, -0.25) is 14.5 Å². The number of hydrogen-bond acceptors (Lipinski definition) is 4. The van der Waals surface area contributed by atoms with E-state index in [1.807, 2.05) is 41.3 Å². The molecule has 1 aliphatic rings. The zero-order valence-corrected chi connectivity index (χ0v) is 22.8. The van der Waals surface area contributed by atoms with Crippen LogP contribution >= 0.6 is 0 Å². The van der Waals surface area contributed by atoms with Gasteiger partial charge in [0.2, 0.25) is 5.91 Å². The van der Waals surface area contributed by atoms with Gasteiger partial charge in [0.1, 0.15) is 5.75 Å². The smallest absolute Gasteiger partial charge is 0.416 e. The maximum absolute atomic E-state index is 13.0. The summed E-state index contributed by atoms with van der Waals surface area (Å²) in [5, 5.41) is 0. The number of amides is 2. The number of nitrogens with zero attached hydrogens (tertiary/aromatic N) is 3. The van der Waals surface area contributed by atoms with Gasteiger partial charge in [-0.15, -0.1) is 0 Å². The van der Waals surface area contributed by atoms with Gasteiger partial charge in [-0.2, -0.15) is 13.2 Å². The molecular weight excluding hydrogens is 507 g/mol. The number of piperazine rings is 1. The summed E-state index contributed by atoms with van der Waals surface area (Å²) in [6, 6.07) is 12.3. The van der Waals surface area contributed by atoms with E-state index in [1.165, 1.54) is 12.1 Å². The molecule has 1 saturated heterocycles. The van der Waals surface area contributed by atoms with Crippen molar-refractivity contribution in [3.63, 3.8) is 0 Å². The molecule has 0 bridgehead atoms. The van der Waals surface area contributed by atoms with E-state index in [4.69, 9.17) is 4.74 Å². The van der Waals surface area contributed by atoms with Crippen LogP contribution in [0.5, 0.6) is 5.75 Å². The molecule has 0 N–H and O–H groups in total. The number of alkyl halides is 3. The van der Waals surface area contributed by atoms with Gasteiger partial charge in [-0.05, 0) is 30.7 Å². The van der Waals surface area contributed by atoms with Crippen molar-refractivity contribution in [3.05, 3.63) is 71.3 Å². The molecule has 3 rings (SSSR count). The molecule has 1 aliphatic heterocycles. The molecule has 0 radical (unpaired) electrons. The van der Waals surface area contributed by atoms with Crippen LogP contribution in [0.15, 0.2) is 54.6 Å². The van der Waals surface area contributed by atoms with Gasteiger partial charge in [0.25, 0.3) is 5.91 Å². The monoisotopic (exact) mass is 545 g/mol. The van der Waals surface area contributed by atoms with Crippen molar-refractivity contribution in [3.8, 4) is 5.75 Å². The maximum Gasteiger partial charge on any atom is 0.416 e. The molecule has 0 spiro atoms. The average Bonchev–Trinajstić information content (AvgIpc) is 2.94. The summed E-state index contributed by atoms with van der Waals surface area (Å²) >= 11 is 0. The normalized spacial score (nSPS) is 14.5. The van der Waals surface area contributed by atoms with E-state index in [2.05, 4.69) is 11.8 Å². The lowest BCUT2D eigenvalue weighted by atomic mass is 10.1. The third-order valence-corrected chi connectivity index (χ3v) is 6.89. The van der Waals surface area contributed by atoms with E-state index < -0.39 is 17.6 Å². The lowest BCUT2D eigenvalue weighted by Crippen LogP contribution is -2.50. The van der Waals surface area contributed by atoms with E-state index in [0.717, 1.165) is 42.7 Å². The highest BCUT2D eigenvalue weighted by Crippen LogP contribution is 2.30. The highest BCUT2D eigenvalue weighted by atomic mass is 19.4. The van der Waals surface area contributed by atoms with Crippen LogP contribution in [0.1, 0.15) is 54.1 Å². The Bertz CT molecular complexity index is 1110. The minimum Gasteiger partial charge on any atom is -0.496 e. The first kappa shape index (κ1) is 30.2. The summed E-state index contributed by atoms with van der Waals surface area (Å²) in [5.41, 5.74) is 0.166. The summed E-state index contributed by atoms with van der Waals surface area (Å²) in [7, 11) is 1.63. The van der Waals surface area contributed by atoms with Crippen LogP contribution in [0.2, 0.25) is 0 Å². The van der Waals surface area contributed by atoms with E-state index >= 15 is 0 Å². The lowest BCUT2D eigenvalue weighted by molar-refractivity contribution is -0.137. The van der Waals surface area contributed by atoms with Crippen LogP contribution in [-0.2, 0) is 11.0 Å². The zero-order chi connectivity index (χ0) is 28.3. The Kier molecular flexibility index (Phi) is 11.4. The maximum atomic E-state index is 13.0. The number of carbonyl (C=O) groups is 2. The summed E-state index contributed by atoms with van der Waals surface area (Å²) in [6.45, 7) is 5.85. The van der Waals surface area contributed by atoms with Gasteiger partial charge in [-0.25, -0.2) is 0 Å². The Morgan fingerprint density at radius 1 is 1.03 bits per heavy atom. The molecular formula is C30H38F3N3O3. The SMILES string of the molecule is CCCCCC(=O)N(C/C=C/c1ccccc1OC)CCN1CCN(C(=O)c2cccc(C(F)(F)F)c2)CC1. The number of benzene rings is 2. The topological polar surface area (TPSA) is 53.1 Å². The molecule has 0 saturated carbocycles. The van der Waals surface area contributed by atoms with Crippen LogP contribution in [0.3, 0.4) is 0 Å². The van der Waals surface area contributed by atoms with E-state index in [1.54, 1.807) is 12.0 Å². The predicted molar refractivity (Wildman–Crippen MR) is 147 cm³/mol. The molecule has 0 atom stereocenters. The van der Waals surface area contributed by atoms with Crippen LogP contribution < -0.4 is 4.74 Å². The molecule has 212 valence electrons. The van der Waals surface area contributed by atoms with Gasteiger partial charge < -0.3 is 14.5 Å². The van der Waals surface area contributed by atoms with Crippen molar-refractivity contribution >= 4 is 17.9 Å². The first-order chi connectivity index (χ1) is 18.7. The number of methoxy groups -OCH3 is 1. The van der Waals surface area contributed by atoms with E-state index in [0.29, 0.717) is 52.2 Å². The largest absolute Gasteiger partial charge is 0.496 e. The fraction of sp³-hybridized carbons (Fsp3) is 0.467. The molecule has 39 heavy (non-hydrogen) atoms. The Morgan fingerprint density at radius 3 is 2.46 bits per heavy atom. The summed E-state index contributed by atoms with van der Waals surface area (Å²) in [5.74, 6) is 0.494. The number of halogens is 3. The van der Waals surface area contributed by atoms with Gasteiger partial charge in [0.05, 0.1) is 12.7 Å². The second-order valence-electron chi connectivity index (χ2n) is 9.65. The molecule has 0 aromatic heterocycles. The molecule has 1 fully saturated rings. The van der Waals surface area contributed by atoms with Crippen molar-refractivity contribution in [2.24, 2.45) is 0 Å². The van der Waals surface area contributed by atoms with Gasteiger partial charge >= 0.3 is 6.18 Å². The number of carbonyl (C=O) groups excluding carboxylic acids is 2. The minimum absolute atomic E-state index is 0.0453. The van der Waals surface area contributed by atoms with Crippen LogP contribution in [0.25, 0.3) is 6.08 Å². The van der Waals surface area contributed by atoms with E-state index in [-0.39, 0.29) is 11.5 Å². The predicted octanol–water partition coefficient (Wildman–Crippen LogP) is 5.59. The fourth-order valence-corrected chi connectivity index (χ4v) is 4.56. The van der Waals surface area contributed by atoms with Crippen molar-refractivity contribution in [2.45, 2.75) is 38.8 Å². The van der Waals surface area contributed by atoms with Gasteiger partial charge in [0.15, 0.2) is 0 Å². The Labute approximate surface area is 229 Å². The van der Waals surface area contributed by atoms with Crippen LogP contribution in [0.4, 0.5) is 13.2 Å². The third kappa shape index (κ3) is 9.13. The summed E-state index contributed by atoms with van der Waals surface area (Å²) < 4.78 is 44.5. The van der Waals surface area contributed by atoms with Gasteiger partial charge in [-0.1, -0.05) is 56.2 Å². The summed E-state index contributed by atoms with van der Waals surface area (Å²) in [4.78, 5) is 31.4. The standard InChI is InChI=1S/C30H38F3N3O3/c1-3-4-5-15-28(37)35(16-9-12-24-10-6-7-14-27(24)39-2)20-17-34-18-21-36(22-19-34)29(38)25-11-8-13-26(23-25)30(31,32)33/h6-14,23H,3-5,15-22H2,1-2H3/b12-9+. The first-order valence-electron chi connectivity index (χ1n) is 13.5. The van der Waals surface area contributed by atoms with Crippen LogP contribution in [-0.4, -0.2) is 79.4 Å². The zero-order valence-electron chi connectivity index (χ0n) is 22.8.